The van der Waals surface area contributed by atoms with Crippen LogP contribution in [0.1, 0.15) is 16.0 Å². The number of hydrogen-bond donors (Lipinski definition) is 2. The number of thiophene rings is 1. The van der Waals surface area contributed by atoms with E-state index in [-0.39, 0.29) is 0 Å². The van der Waals surface area contributed by atoms with Crippen molar-refractivity contribution >= 4 is 33.5 Å². The minimum atomic E-state index is 0.295. The van der Waals surface area contributed by atoms with Crippen molar-refractivity contribution in [2.45, 2.75) is 19.4 Å². The normalized spacial score (nSPS) is 17.5. The van der Waals surface area contributed by atoms with Gasteiger partial charge >= 0.3 is 0 Å². The quantitative estimate of drug-likeness (QED) is 0.605. The smallest absolute Gasteiger partial charge is 0.139 e. The number of para-hydroxylation sites is 2. The van der Waals surface area contributed by atoms with E-state index in [1.165, 1.54) is 16.0 Å². The molecule has 2 N–H and O–H groups in total. The van der Waals surface area contributed by atoms with Gasteiger partial charge in [-0.05, 0) is 43.2 Å². The van der Waals surface area contributed by atoms with Crippen LogP contribution in [-0.4, -0.2) is 50.6 Å². The number of amidine groups is 1. The van der Waals surface area contributed by atoms with Crippen LogP contribution in [0.2, 0.25) is 0 Å². The highest BCUT2D eigenvalue weighted by Gasteiger charge is 2.28. The zero-order valence-corrected chi connectivity index (χ0v) is 19.5. The molecule has 1 aromatic heterocycles. The lowest BCUT2D eigenvalue weighted by molar-refractivity contribution is 0.288. The predicted molar refractivity (Wildman–Crippen MR) is 132 cm³/mol. The van der Waals surface area contributed by atoms with Crippen LogP contribution in [0.5, 0.6) is 11.5 Å². The third kappa shape index (κ3) is 4.06. The van der Waals surface area contributed by atoms with E-state index >= 15 is 0 Å². The van der Waals surface area contributed by atoms with Gasteiger partial charge in [0.15, 0.2) is 0 Å². The predicted octanol–water partition coefficient (Wildman–Crippen LogP) is 4.73. The summed E-state index contributed by atoms with van der Waals surface area (Å²) in [5.74, 6) is 2.72. The molecular weight excluding hydrogens is 420 g/mol. The highest BCUT2D eigenvalue weighted by atomic mass is 32.1. The van der Waals surface area contributed by atoms with Crippen LogP contribution in [-0.2, 0) is 6.42 Å². The summed E-state index contributed by atoms with van der Waals surface area (Å²) in [6.45, 7) is 4.87. The molecule has 7 heteroatoms. The number of nitrogens with one attached hydrogen (secondary N) is 2. The Morgan fingerprint density at radius 1 is 1.12 bits per heavy atom. The van der Waals surface area contributed by atoms with Gasteiger partial charge in [0.2, 0.25) is 0 Å². The molecule has 166 valence electrons. The molecule has 0 aliphatic carbocycles. The number of piperazine rings is 1. The summed E-state index contributed by atoms with van der Waals surface area (Å²) in [7, 11) is 3.39. The Morgan fingerprint density at radius 3 is 2.84 bits per heavy atom. The van der Waals surface area contributed by atoms with Crippen molar-refractivity contribution in [3.05, 3.63) is 64.5 Å². The van der Waals surface area contributed by atoms with Crippen LogP contribution in [0.4, 0.5) is 16.4 Å². The van der Waals surface area contributed by atoms with E-state index in [1.807, 2.05) is 18.2 Å². The first-order chi connectivity index (χ1) is 15.6. The maximum atomic E-state index is 5.63. The first-order valence-electron chi connectivity index (χ1n) is 10.9. The Labute approximate surface area is 192 Å². The molecule has 0 spiro atoms. The molecule has 2 aliphatic rings. The molecule has 3 heterocycles. The van der Waals surface area contributed by atoms with Crippen molar-refractivity contribution in [1.29, 1.82) is 0 Å². The summed E-state index contributed by atoms with van der Waals surface area (Å²) < 4.78 is 11.0. The fourth-order valence-corrected chi connectivity index (χ4v) is 5.35. The topological polar surface area (TPSA) is 58.1 Å². The second-order valence-corrected chi connectivity index (χ2v) is 9.41. The van der Waals surface area contributed by atoms with Crippen molar-refractivity contribution in [2.24, 2.45) is 4.99 Å². The molecule has 2 aromatic carbocycles. The van der Waals surface area contributed by atoms with Crippen molar-refractivity contribution in [2.75, 3.05) is 39.2 Å². The standard InChI is InChI=1S/C25H28N4O2S/c1-16-12-20-24(27-21-6-4-5-7-22(21)28-25(20)32-16)29-11-10-26-18(15-29)13-17-8-9-19(30-2)14-23(17)31-3/h4-9,12,14,18,26,28H,10-11,13,15H2,1-3H3/t18-/m0/s1. The Hall–Kier alpha value is -3.03. The lowest BCUT2D eigenvalue weighted by Gasteiger charge is -2.36. The molecule has 3 aromatic rings. The summed E-state index contributed by atoms with van der Waals surface area (Å²) in [5.41, 5.74) is 4.40. The van der Waals surface area contributed by atoms with Crippen molar-refractivity contribution in [3.8, 4) is 11.5 Å². The van der Waals surface area contributed by atoms with Gasteiger partial charge in [0.25, 0.3) is 0 Å². The minimum Gasteiger partial charge on any atom is -0.497 e. The van der Waals surface area contributed by atoms with Gasteiger partial charge in [-0.2, -0.15) is 0 Å². The molecule has 6 nitrogen and oxygen atoms in total. The summed E-state index contributed by atoms with van der Waals surface area (Å²) in [6.07, 6.45) is 0.876. The van der Waals surface area contributed by atoms with E-state index in [0.717, 1.165) is 59.8 Å². The molecule has 0 unspecified atom stereocenters. The second kappa shape index (κ2) is 8.84. The maximum absolute atomic E-state index is 5.63. The highest BCUT2D eigenvalue weighted by Crippen LogP contribution is 2.39. The number of fused-ring (bicyclic) bond motifs is 2. The summed E-state index contributed by atoms with van der Waals surface area (Å²) in [6, 6.07) is 16.9. The van der Waals surface area contributed by atoms with Gasteiger partial charge < -0.3 is 25.0 Å². The molecule has 5 rings (SSSR count). The van der Waals surface area contributed by atoms with Gasteiger partial charge in [0, 0.05) is 36.6 Å². The summed E-state index contributed by atoms with van der Waals surface area (Å²) in [5, 5.41) is 8.45. The van der Waals surface area contributed by atoms with Crippen LogP contribution in [0.15, 0.2) is 53.5 Å². The number of hydrogen-bond acceptors (Lipinski definition) is 7. The number of aryl methyl sites for hydroxylation is 1. The van der Waals surface area contributed by atoms with Gasteiger partial charge in [-0.25, -0.2) is 4.99 Å². The fourth-order valence-electron chi connectivity index (χ4n) is 4.43. The molecule has 0 radical (unpaired) electrons. The molecule has 0 amide bonds. The van der Waals surface area contributed by atoms with Crippen LogP contribution < -0.4 is 20.1 Å². The third-order valence-corrected chi connectivity index (χ3v) is 6.96. The van der Waals surface area contributed by atoms with E-state index in [4.69, 9.17) is 14.5 Å². The number of nitrogens with zero attached hydrogens (tertiary/aromatic N) is 2. The minimum absolute atomic E-state index is 0.295. The van der Waals surface area contributed by atoms with Gasteiger partial charge in [-0.1, -0.05) is 18.2 Å². The van der Waals surface area contributed by atoms with Crippen LogP contribution in [0, 0.1) is 6.92 Å². The molecule has 1 saturated heterocycles. The Morgan fingerprint density at radius 2 is 2.00 bits per heavy atom. The number of anilines is 2. The summed E-state index contributed by atoms with van der Waals surface area (Å²) in [4.78, 5) is 8.84. The lowest BCUT2D eigenvalue weighted by atomic mass is 10.0. The van der Waals surface area contributed by atoms with Crippen molar-refractivity contribution in [1.82, 2.24) is 10.2 Å². The van der Waals surface area contributed by atoms with E-state index < -0.39 is 0 Å². The Bertz CT molecular complexity index is 1160. The molecule has 2 aliphatic heterocycles. The molecule has 32 heavy (non-hydrogen) atoms. The average Bonchev–Trinajstić information content (AvgIpc) is 3.10. The maximum Gasteiger partial charge on any atom is 0.139 e. The highest BCUT2D eigenvalue weighted by molar-refractivity contribution is 7.16. The number of benzene rings is 2. The van der Waals surface area contributed by atoms with Crippen LogP contribution >= 0.6 is 11.3 Å². The van der Waals surface area contributed by atoms with Crippen molar-refractivity contribution in [3.63, 3.8) is 0 Å². The van der Waals surface area contributed by atoms with E-state index in [9.17, 15) is 0 Å². The van der Waals surface area contributed by atoms with Crippen molar-refractivity contribution < 1.29 is 9.47 Å². The molecular formula is C25H28N4O2S. The van der Waals surface area contributed by atoms with Gasteiger partial charge in [-0.3, -0.25) is 0 Å². The zero-order chi connectivity index (χ0) is 22.1. The molecule has 0 bridgehead atoms. The molecule has 1 atom stereocenters. The average molecular weight is 449 g/mol. The number of ether oxygens (including phenoxy) is 2. The Kier molecular flexibility index (Phi) is 5.76. The molecule has 0 saturated carbocycles. The van der Waals surface area contributed by atoms with Crippen LogP contribution in [0.3, 0.4) is 0 Å². The zero-order valence-electron chi connectivity index (χ0n) is 18.6. The van der Waals surface area contributed by atoms with E-state index in [1.54, 1.807) is 25.6 Å². The number of methoxy groups -OCH3 is 2. The van der Waals surface area contributed by atoms with E-state index in [2.05, 4.69) is 52.8 Å². The van der Waals surface area contributed by atoms with Gasteiger partial charge in [0.05, 0.1) is 31.2 Å². The van der Waals surface area contributed by atoms with Gasteiger partial charge in [0.1, 0.15) is 22.3 Å². The summed E-state index contributed by atoms with van der Waals surface area (Å²) >= 11 is 1.78. The monoisotopic (exact) mass is 448 g/mol. The first kappa shape index (κ1) is 20.8. The fraction of sp³-hybridized carbons (Fsp3) is 0.320. The largest absolute Gasteiger partial charge is 0.497 e. The molecule has 1 fully saturated rings. The lowest BCUT2D eigenvalue weighted by Crippen LogP contribution is -2.53. The third-order valence-electron chi connectivity index (χ3n) is 5.99. The van der Waals surface area contributed by atoms with Crippen LogP contribution in [0.25, 0.3) is 0 Å². The van der Waals surface area contributed by atoms with E-state index in [0.29, 0.717) is 6.04 Å². The first-order valence-corrected chi connectivity index (χ1v) is 11.7. The van der Waals surface area contributed by atoms with Gasteiger partial charge in [-0.15, -0.1) is 11.3 Å². The second-order valence-electron chi connectivity index (χ2n) is 8.16. The number of rotatable bonds is 4. The SMILES string of the molecule is COc1ccc(C[C@H]2CN(C3=Nc4ccccc4Nc4sc(C)cc43)CCN2)c(OC)c1. The Balaban J connectivity index is 1.43. The number of aliphatic imine (C=N–C) groups is 1.